The minimum Gasteiger partial charge on any atom is -0.399 e. The Kier molecular flexibility index (Phi) is 4.22. The lowest BCUT2D eigenvalue weighted by Gasteiger charge is -2.24. The monoisotopic (exact) mass is 297 g/mol. The Morgan fingerprint density at radius 2 is 2.30 bits per heavy atom. The Labute approximate surface area is 123 Å². The van der Waals surface area contributed by atoms with Crippen LogP contribution < -0.4 is 11.1 Å². The molecule has 20 heavy (non-hydrogen) atoms. The number of β-amino-alcohol motifs (C(OH)–C–C–N with tert-alkyl or cyclic N) is 1. The fraction of sp³-hybridized carbons (Fsp3) is 0.500. The van der Waals surface area contributed by atoms with E-state index in [4.69, 9.17) is 17.3 Å². The highest BCUT2D eigenvalue weighted by molar-refractivity contribution is 6.34. The van der Waals surface area contributed by atoms with Gasteiger partial charge in [0.1, 0.15) is 0 Å². The molecule has 0 bridgehead atoms. The molecule has 2 atom stereocenters. The first kappa shape index (κ1) is 15.1. The Morgan fingerprint density at radius 1 is 1.60 bits per heavy atom. The average molecular weight is 298 g/mol. The van der Waals surface area contributed by atoms with Crippen LogP contribution in [0.25, 0.3) is 0 Å². The molecule has 1 amide bonds. The summed E-state index contributed by atoms with van der Waals surface area (Å²) in [5, 5.41) is 13.2. The van der Waals surface area contributed by atoms with Crippen molar-refractivity contribution in [1.82, 2.24) is 4.90 Å². The number of carbonyl (C=O) groups is 1. The first-order chi connectivity index (χ1) is 9.28. The molecule has 1 fully saturated rings. The summed E-state index contributed by atoms with van der Waals surface area (Å²) in [4.78, 5) is 14.2. The summed E-state index contributed by atoms with van der Waals surface area (Å²) < 4.78 is 0. The number of nitrogens with one attached hydrogen (secondary N) is 1. The van der Waals surface area contributed by atoms with Crippen molar-refractivity contribution >= 4 is 28.9 Å². The molecule has 6 heteroatoms. The van der Waals surface area contributed by atoms with Gasteiger partial charge in [-0.15, -0.1) is 0 Å². The van der Waals surface area contributed by atoms with Gasteiger partial charge in [-0.1, -0.05) is 11.6 Å². The molecule has 1 aliphatic heterocycles. The highest BCUT2D eigenvalue weighted by atomic mass is 35.5. The molecule has 0 aromatic heterocycles. The van der Waals surface area contributed by atoms with Gasteiger partial charge in [0, 0.05) is 18.8 Å². The number of rotatable bonds is 3. The average Bonchev–Trinajstić information content (AvgIpc) is 2.72. The number of benzene rings is 1. The number of likely N-dealkylation sites (tertiary alicyclic amines) is 1. The van der Waals surface area contributed by atoms with Gasteiger partial charge in [-0.25, -0.2) is 0 Å². The summed E-state index contributed by atoms with van der Waals surface area (Å²) in [6.07, 6.45) is 0.674. The van der Waals surface area contributed by atoms with Crippen LogP contribution in [-0.4, -0.2) is 40.6 Å². The molecule has 1 saturated heterocycles. The van der Waals surface area contributed by atoms with Crippen molar-refractivity contribution in [1.29, 1.82) is 0 Å². The van der Waals surface area contributed by atoms with Gasteiger partial charge in [0.05, 0.1) is 22.4 Å². The zero-order valence-corrected chi connectivity index (χ0v) is 12.4. The summed E-state index contributed by atoms with van der Waals surface area (Å²) in [7, 11) is 0. The van der Waals surface area contributed by atoms with Gasteiger partial charge in [-0.05, 0) is 38.5 Å². The Morgan fingerprint density at radius 3 is 2.85 bits per heavy atom. The van der Waals surface area contributed by atoms with Crippen molar-refractivity contribution in [3.8, 4) is 0 Å². The molecule has 5 nitrogen and oxygen atoms in total. The number of hydrogen-bond acceptors (Lipinski definition) is 4. The van der Waals surface area contributed by atoms with Crippen molar-refractivity contribution in [2.45, 2.75) is 31.9 Å². The van der Waals surface area contributed by atoms with Crippen LogP contribution in [0, 0.1) is 0 Å². The fourth-order valence-electron chi connectivity index (χ4n) is 2.35. The third-order valence-corrected chi connectivity index (χ3v) is 3.97. The van der Waals surface area contributed by atoms with Gasteiger partial charge in [-0.2, -0.15) is 0 Å². The quantitative estimate of drug-likeness (QED) is 0.742. The molecule has 0 aliphatic carbocycles. The number of aliphatic hydroxyl groups is 1. The maximum absolute atomic E-state index is 12.2. The second kappa shape index (κ2) is 5.60. The van der Waals surface area contributed by atoms with Crippen LogP contribution in [0.2, 0.25) is 5.02 Å². The third-order valence-electron chi connectivity index (χ3n) is 3.66. The fourth-order valence-corrected chi connectivity index (χ4v) is 2.58. The second-order valence-electron chi connectivity index (χ2n) is 5.62. The number of hydrogen-bond donors (Lipinski definition) is 3. The van der Waals surface area contributed by atoms with E-state index in [1.165, 1.54) is 0 Å². The van der Waals surface area contributed by atoms with Gasteiger partial charge in [0.15, 0.2) is 0 Å². The summed E-state index contributed by atoms with van der Waals surface area (Å²) in [5.74, 6) is -0.144. The number of nitrogens with two attached hydrogens (primary N) is 1. The second-order valence-corrected chi connectivity index (χ2v) is 6.03. The van der Waals surface area contributed by atoms with Crippen LogP contribution in [0.4, 0.5) is 11.4 Å². The molecule has 4 N–H and O–H groups in total. The first-order valence-electron chi connectivity index (χ1n) is 6.61. The summed E-state index contributed by atoms with van der Waals surface area (Å²) in [5.41, 5.74) is 6.00. The maximum atomic E-state index is 12.2. The van der Waals surface area contributed by atoms with Crippen LogP contribution >= 0.6 is 11.6 Å². The Balaban J connectivity index is 2.01. The minimum absolute atomic E-state index is 0.144. The van der Waals surface area contributed by atoms with Crippen LogP contribution in [-0.2, 0) is 4.79 Å². The first-order valence-corrected chi connectivity index (χ1v) is 6.99. The number of amides is 1. The molecule has 1 aromatic rings. The maximum Gasteiger partial charge on any atom is 0.241 e. The van der Waals surface area contributed by atoms with Gasteiger partial charge >= 0.3 is 0 Å². The molecule has 1 aliphatic rings. The molecule has 0 saturated carbocycles. The third kappa shape index (κ3) is 3.42. The van der Waals surface area contributed by atoms with E-state index in [1.54, 1.807) is 25.1 Å². The van der Waals surface area contributed by atoms with Gasteiger partial charge < -0.3 is 16.2 Å². The zero-order chi connectivity index (χ0) is 14.9. The standard InChI is InChI=1S/C14H20ClN3O2/c1-9(18-6-5-14(2,20)8-18)13(19)17-12-4-3-10(16)7-11(12)15/h3-4,7,9,20H,5-6,8,16H2,1-2H3,(H,17,19). The van der Waals surface area contributed by atoms with E-state index in [0.29, 0.717) is 35.9 Å². The van der Waals surface area contributed by atoms with E-state index in [-0.39, 0.29) is 11.9 Å². The predicted molar refractivity (Wildman–Crippen MR) is 80.8 cm³/mol. The smallest absolute Gasteiger partial charge is 0.241 e. The molecule has 1 heterocycles. The topological polar surface area (TPSA) is 78.6 Å². The number of nitrogens with zero attached hydrogens (tertiary/aromatic N) is 1. The predicted octanol–water partition coefficient (Wildman–Crippen LogP) is 1.71. The van der Waals surface area contributed by atoms with E-state index < -0.39 is 5.60 Å². The lowest BCUT2D eigenvalue weighted by Crippen LogP contribution is -2.42. The minimum atomic E-state index is -0.715. The SMILES string of the molecule is CC(C(=O)Nc1ccc(N)cc1Cl)N1CCC(C)(O)C1. The van der Waals surface area contributed by atoms with Crippen molar-refractivity contribution in [3.05, 3.63) is 23.2 Å². The van der Waals surface area contributed by atoms with Gasteiger partial charge in [0.2, 0.25) is 5.91 Å². The summed E-state index contributed by atoms with van der Waals surface area (Å²) >= 11 is 6.03. The molecular weight excluding hydrogens is 278 g/mol. The van der Waals surface area contributed by atoms with Crippen molar-refractivity contribution < 1.29 is 9.90 Å². The highest BCUT2D eigenvalue weighted by Crippen LogP contribution is 2.26. The van der Waals surface area contributed by atoms with Crippen LogP contribution in [0.5, 0.6) is 0 Å². The van der Waals surface area contributed by atoms with Gasteiger partial charge in [0.25, 0.3) is 0 Å². The van der Waals surface area contributed by atoms with Crippen LogP contribution in [0.1, 0.15) is 20.3 Å². The molecule has 110 valence electrons. The number of carbonyl (C=O) groups excluding carboxylic acids is 1. The molecule has 0 spiro atoms. The van der Waals surface area contributed by atoms with Crippen molar-refractivity contribution in [2.75, 3.05) is 24.1 Å². The molecule has 2 unspecified atom stereocenters. The molecule has 1 aromatic carbocycles. The lowest BCUT2D eigenvalue weighted by molar-refractivity contribution is -0.120. The van der Waals surface area contributed by atoms with Gasteiger partial charge in [-0.3, -0.25) is 9.69 Å². The van der Waals surface area contributed by atoms with Crippen LogP contribution in [0.3, 0.4) is 0 Å². The van der Waals surface area contributed by atoms with E-state index >= 15 is 0 Å². The number of nitrogen functional groups attached to an aromatic ring is 1. The van der Waals surface area contributed by atoms with E-state index in [1.807, 2.05) is 11.8 Å². The highest BCUT2D eigenvalue weighted by Gasteiger charge is 2.35. The molecular formula is C14H20ClN3O2. The Bertz CT molecular complexity index is 519. The normalized spacial score (nSPS) is 24.6. The lowest BCUT2D eigenvalue weighted by atomic mass is 10.1. The summed E-state index contributed by atoms with van der Waals surface area (Å²) in [6.45, 7) is 4.81. The number of halogens is 1. The van der Waals surface area contributed by atoms with E-state index in [9.17, 15) is 9.90 Å². The zero-order valence-electron chi connectivity index (χ0n) is 11.7. The molecule has 0 radical (unpaired) electrons. The van der Waals surface area contributed by atoms with Crippen molar-refractivity contribution in [2.24, 2.45) is 0 Å². The van der Waals surface area contributed by atoms with E-state index in [2.05, 4.69) is 5.32 Å². The largest absolute Gasteiger partial charge is 0.399 e. The van der Waals surface area contributed by atoms with E-state index in [0.717, 1.165) is 0 Å². The Hall–Kier alpha value is -1.30. The number of anilines is 2. The van der Waals surface area contributed by atoms with Crippen LogP contribution in [0.15, 0.2) is 18.2 Å². The molecule has 2 rings (SSSR count). The summed E-state index contributed by atoms with van der Waals surface area (Å²) in [6, 6.07) is 4.65. The van der Waals surface area contributed by atoms with Crippen molar-refractivity contribution in [3.63, 3.8) is 0 Å².